The van der Waals surface area contributed by atoms with Gasteiger partial charge in [-0.05, 0) is 43.6 Å². The molecule has 0 radical (unpaired) electrons. The first-order valence-electron chi connectivity index (χ1n) is 8.41. The third-order valence-corrected chi connectivity index (χ3v) is 4.39. The normalized spacial score (nSPS) is 27.8. The first kappa shape index (κ1) is 17.9. The highest BCUT2D eigenvalue weighted by Gasteiger charge is 2.35. The fourth-order valence-corrected chi connectivity index (χ4v) is 3.10. The number of hydrogen-bond donors (Lipinski definition) is 1. The van der Waals surface area contributed by atoms with Gasteiger partial charge in [0.2, 0.25) is 0 Å². The lowest BCUT2D eigenvalue weighted by Gasteiger charge is -2.42. The van der Waals surface area contributed by atoms with Gasteiger partial charge in [-0.3, -0.25) is 0 Å². The second-order valence-electron chi connectivity index (χ2n) is 7.06. The van der Waals surface area contributed by atoms with E-state index in [0.29, 0.717) is 17.6 Å². The van der Waals surface area contributed by atoms with Crippen LogP contribution in [0.2, 0.25) is 0 Å². The maximum absolute atomic E-state index is 6.13. The molecular weight excluding hydrogens is 250 g/mol. The fourth-order valence-electron chi connectivity index (χ4n) is 3.10. The molecule has 3 atom stereocenters. The van der Waals surface area contributed by atoms with E-state index in [1.54, 1.807) is 0 Å². The monoisotopic (exact) mass is 285 g/mol. The van der Waals surface area contributed by atoms with Gasteiger partial charge in [0, 0.05) is 12.6 Å². The average molecular weight is 285 g/mol. The minimum Gasteiger partial charge on any atom is -0.379 e. The molecule has 1 aliphatic rings. The summed E-state index contributed by atoms with van der Waals surface area (Å²) in [6.07, 6.45) is 5.15. The summed E-state index contributed by atoms with van der Waals surface area (Å²) in [5, 5.41) is 3.59. The van der Waals surface area contributed by atoms with Crippen molar-refractivity contribution in [2.24, 2.45) is 11.3 Å². The number of rotatable bonds is 8. The van der Waals surface area contributed by atoms with Crippen molar-refractivity contribution in [2.45, 2.75) is 72.4 Å². The highest BCUT2D eigenvalue weighted by atomic mass is 16.5. The lowest BCUT2D eigenvalue weighted by Crippen LogP contribution is -2.47. The standard InChI is InChI=1S/C17H35NO2/c1-6-10-19-11-12-20-16-13-14(17(3,4)5)8-9-15(16)18-7-2/h14-16,18H,6-13H2,1-5H3. The summed E-state index contributed by atoms with van der Waals surface area (Å²) in [5.74, 6) is 0.763. The van der Waals surface area contributed by atoms with E-state index in [4.69, 9.17) is 9.47 Å². The largest absolute Gasteiger partial charge is 0.379 e. The van der Waals surface area contributed by atoms with Gasteiger partial charge in [-0.25, -0.2) is 0 Å². The molecule has 0 saturated heterocycles. The third-order valence-electron chi connectivity index (χ3n) is 4.39. The highest BCUT2D eigenvalue weighted by molar-refractivity contribution is 4.89. The Kier molecular flexibility index (Phi) is 8.08. The average Bonchev–Trinajstić information content (AvgIpc) is 2.39. The fraction of sp³-hybridized carbons (Fsp3) is 1.00. The predicted octanol–water partition coefficient (Wildman–Crippen LogP) is 3.62. The topological polar surface area (TPSA) is 30.5 Å². The summed E-state index contributed by atoms with van der Waals surface area (Å²) in [5.41, 5.74) is 0.386. The molecular formula is C17H35NO2. The maximum atomic E-state index is 6.13. The molecule has 0 heterocycles. The van der Waals surface area contributed by atoms with Gasteiger partial charge in [-0.15, -0.1) is 0 Å². The molecule has 1 N–H and O–H groups in total. The second-order valence-corrected chi connectivity index (χ2v) is 7.06. The Balaban J connectivity index is 2.42. The van der Waals surface area contributed by atoms with Gasteiger partial charge >= 0.3 is 0 Å². The van der Waals surface area contributed by atoms with Gasteiger partial charge in [0.1, 0.15) is 0 Å². The minimum absolute atomic E-state index is 0.346. The van der Waals surface area contributed by atoms with Crippen LogP contribution in [0.15, 0.2) is 0 Å². The van der Waals surface area contributed by atoms with Crippen molar-refractivity contribution < 1.29 is 9.47 Å². The van der Waals surface area contributed by atoms with Crippen molar-refractivity contribution in [1.82, 2.24) is 5.32 Å². The molecule has 0 aliphatic heterocycles. The lowest BCUT2D eigenvalue weighted by atomic mass is 9.70. The molecule has 3 unspecified atom stereocenters. The van der Waals surface area contributed by atoms with Crippen molar-refractivity contribution in [1.29, 1.82) is 0 Å². The first-order valence-corrected chi connectivity index (χ1v) is 8.41. The van der Waals surface area contributed by atoms with Crippen molar-refractivity contribution in [3.63, 3.8) is 0 Å². The summed E-state index contributed by atoms with van der Waals surface area (Å²) in [7, 11) is 0. The second kappa shape index (κ2) is 9.01. The van der Waals surface area contributed by atoms with Gasteiger partial charge in [-0.2, -0.15) is 0 Å². The molecule has 0 spiro atoms. The molecule has 0 aromatic heterocycles. The Labute approximate surface area is 125 Å². The summed E-state index contributed by atoms with van der Waals surface area (Å²) in [4.78, 5) is 0. The quantitative estimate of drug-likeness (QED) is 0.691. The lowest BCUT2D eigenvalue weighted by molar-refractivity contribution is -0.0479. The number of likely N-dealkylation sites (N-methyl/N-ethyl adjacent to an activating group) is 1. The Morgan fingerprint density at radius 1 is 1.05 bits per heavy atom. The Hall–Kier alpha value is -0.120. The van der Waals surface area contributed by atoms with E-state index in [1.165, 1.54) is 19.3 Å². The molecule has 1 fully saturated rings. The molecule has 0 aromatic rings. The van der Waals surface area contributed by atoms with E-state index in [9.17, 15) is 0 Å². The van der Waals surface area contributed by atoms with Crippen molar-refractivity contribution in [3.05, 3.63) is 0 Å². The van der Waals surface area contributed by atoms with Gasteiger partial charge in [-0.1, -0.05) is 34.6 Å². The van der Waals surface area contributed by atoms with Crippen molar-refractivity contribution >= 4 is 0 Å². The molecule has 120 valence electrons. The van der Waals surface area contributed by atoms with Crippen LogP contribution < -0.4 is 5.32 Å². The zero-order chi connectivity index (χ0) is 15.0. The highest BCUT2D eigenvalue weighted by Crippen LogP contribution is 2.38. The predicted molar refractivity (Wildman–Crippen MR) is 85.1 cm³/mol. The van der Waals surface area contributed by atoms with E-state index in [1.807, 2.05) is 0 Å². The molecule has 3 nitrogen and oxygen atoms in total. The van der Waals surface area contributed by atoms with Crippen LogP contribution in [0.3, 0.4) is 0 Å². The van der Waals surface area contributed by atoms with Crippen LogP contribution in [0.5, 0.6) is 0 Å². The van der Waals surface area contributed by atoms with E-state index in [0.717, 1.165) is 38.7 Å². The van der Waals surface area contributed by atoms with Gasteiger partial charge in [0.25, 0.3) is 0 Å². The molecule has 1 aliphatic carbocycles. The van der Waals surface area contributed by atoms with Crippen LogP contribution in [0.1, 0.15) is 60.3 Å². The van der Waals surface area contributed by atoms with E-state index in [-0.39, 0.29) is 0 Å². The van der Waals surface area contributed by atoms with E-state index in [2.05, 4.69) is 39.9 Å². The van der Waals surface area contributed by atoms with Crippen LogP contribution in [0, 0.1) is 11.3 Å². The summed E-state index contributed by atoms with van der Waals surface area (Å²) in [6.45, 7) is 14.7. The molecule has 20 heavy (non-hydrogen) atoms. The number of hydrogen-bond acceptors (Lipinski definition) is 3. The van der Waals surface area contributed by atoms with Crippen LogP contribution in [0.25, 0.3) is 0 Å². The summed E-state index contributed by atoms with van der Waals surface area (Å²) >= 11 is 0. The van der Waals surface area contributed by atoms with Crippen LogP contribution in [-0.2, 0) is 9.47 Å². The Bertz CT molecular complexity index is 250. The molecule has 0 aromatic carbocycles. The van der Waals surface area contributed by atoms with Gasteiger partial charge in [0.15, 0.2) is 0 Å². The van der Waals surface area contributed by atoms with Crippen molar-refractivity contribution in [3.8, 4) is 0 Å². The Morgan fingerprint density at radius 3 is 2.40 bits per heavy atom. The zero-order valence-corrected chi connectivity index (χ0v) is 14.2. The summed E-state index contributed by atoms with van der Waals surface area (Å²) < 4.78 is 11.7. The molecule has 0 amide bonds. The minimum atomic E-state index is 0.346. The first-order chi connectivity index (χ1) is 9.49. The van der Waals surface area contributed by atoms with Crippen LogP contribution in [-0.4, -0.2) is 38.5 Å². The number of ether oxygens (including phenoxy) is 2. The van der Waals surface area contributed by atoms with Crippen LogP contribution >= 0.6 is 0 Å². The van der Waals surface area contributed by atoms with E-state index >= 15 is 0 Å². The maximum Gasteiger partial charge on any atom is 0.0732 e. The van der Waals surface area contributed by atoms with Gasteiger partial charge in [0.05, 0.1) is 19.3 Å². The van der Waals surface area contributed by atoms with E-state index < -0.39 is 0 Å². The summed E-state index contributed by atoms with van der Waals surface area (Å²) in [6, 6.07) is 0.518. The SMILES string of the molecule is CCCOCCOC1CC(C(C)(C)C)CCC1NCC. The number of nitrogens with one attached hydrogen (secondary N) is 1. The smallest absolute Gasteiger partial charge is 0.0732 e. The molecule has 1 rings (SSSR count). The Morgan fingerprint density at radius 2 is 1.80 bits per heavy atom. The molecule has 0 bridgehead atoms. The van der Waals surface area contributed by atoms with Crippen molar-refractivity contribution in [2.75, 3.05) is 26.4 Å². The van der Waals surface area contributed by atoms with Crippen LogP contribution in [0.4, 0.5) is 0 Å². The molecule has 3 heteroatoms. The molecule has 1 saturated carbocycles. The zero-order valence-electron chi connectivity index (χ0n) is 14.2. The third kappa shape index (κ3) is 6.11. The van der Waals surface area contributed by atoms with Gasteiger partial charge < -0.3 is 14.8 Å².